The van der Waals surface area contributed by atoms with Gasteiger partial charge >= 0.3 is 5.97 Å². The maximum Gasteiger partial charge on any atom is 0.337 e. The molecule has 2 nitrogen and oxygen atoms in total. The third-order valence-corrected chi connectivity index (χ3v) is 2.88. The number of aryl methyl sites for hydroxylation is 1. The van der Waals surface area contributed by atoms with Crippen molar-refractivity contribution in [3.8, 4) is 0 Å². The Morgan fingerprint density at radius 1 is 1.43 bits per heavy atom. The van der Waals surface area contributed by atoms with Gasteiger partial charge in [0.25, 0.3) is 0 Å². The first-order valence-electron chi connectivity index (χ1n) is 4.52. The van der Waals surface area contributed by atoms with Crippen LogP contribution in [-0.4, -0.2) is 16.3 Å². The van der Waals surface area contributed by atoms with Crippen molar-refractivity contribution in [2.45, 2.75) is 30.9 Å². The Hall–Kier alpha value is -0.960. The zero-order chi connectivity index (χ0) is 10.7. The molecule has 0 aromatic heterocycles. The van der Waals surface area contributed by atoms with Crippen molar-refractivity contribution in [1.29, 1.82) is 0 Å². The van der Waals surface area contributed by atoms with Gasteiger partial charge in [0.1, 0.15) is 0 Å². The van der Waals surface area contributed by atoms with Crippen LogP contribution >= 0.6 is 11.8 Å². The van der Waals surface area contributed by atoms with Gasteiger partial charge in [0.2, 0.25) is 0 Å². The van der Waals surface area contributed by atoms with E-state index in [1.54, 1.807) is 11.8 Å². The molecule has 0 bridgehead atoms. The van der Waals surface area contributed by atoms with Crippen LogP contribution in [0, 0.1) is 6.92 Å². The Balaban J connectivity index is 3.14. The Labute approximate surface area is 88.3 Å². The van der Waals surface area contributed by atoms with E-state index in [1.807, 2.05) is 25.1 Å². The first-order valence-corrected chi connectivity index (χ1v) is 5.40. The minimum Gasteiger partial charge on any atom is -0.478 e. The van der Waals surface area contributed by atoms with Gasteiger partial charge in [-0.15, -0.1) is 11.8 Å². The molecule has 1 rings (SSSR count). The first-order chi connectivity index (χ1) is 6.52. The summed E-state index contributed by atoms with van der Waals surface area (Å²) in [5.74, 6) is -0.841. The fourth-order valence-corrected chi connectivity index (χ4v) is 2.30. The zero-order valence-electron chi connectivity index (χ0n) is 8.57. The molecule has 0 saturated heterocycles. The van der Waals surface area contributed by atoms with E-state index < -0.39 is 5.97 Å². The highest BCUT2D eigenvalue weighted by Gasteiger charge is 2.13. The lowest BCUT2D eigenvalue weighted by Crippen LogP contribution is -2.03. The van der Waals surface area contributed by atoms with Gasteiger partial charge in [0.15, 0.2) is 0 Å². The Bertz CT molecular complexity index is 345. The number of aromatic carboxylic acids is 1. The summed E-state index contributed by atoms with van der Waals surface area (Å²) in [6.45, 7) is 5.94. The number of hydrogen-bond acceptors (Lipinski definition) is 2. The number of rotatable bonds is 3. The van der Waals surface area contributed by atoms with Crippen LogP contribution in [0.1, 0.15) is 29.8 Å². The summed E-state index contributed by atoms with van der Waals surface area (Å²) >= 11 is 1.59. The molecule has 1 N–H and O–H groups in total. The smallest absolute Gasteiger partial charge is 0.337 e. The predicted molar refractivity (Wildman–Crippen MR) is 59.1 cm³/mol. The molecule has 0 radical (unpaired) electrons. The molecule has 14 heavy (non-hydrogen) atoms. The van der Waals surface area contributed by atoms with Crippen LogP contribution in [0.15, 0.2) is 23.1 Å². The van der Waals surface area contributed by atoms with Crippen molar-refractivity contribution in [2.24, 2.45) is 0 Å². The van der Waals surface area contributed by atoms with Crippen LogP contribution in [0.25, 0.3) is 0 Å². The highest BCUT2D eigenvalue weighted by atomic mass is 32.2. The predicted octanol–water partition coefficient (Wildman–Crippen LogP) is 3.19. The molecule has 0 atom stereocenters. The van der Waals surface area contributed by atoms with Crippen LogP contribution < -0.4 is 0 Å². The second-order valence-electron chi connectivity index (χ2n) is 3.42. The van der Waals surface area contributed by atoms with E-state index in [0.717, 1.165) is 10.5 Å². The van der Waals surface area contributed by atoms with Gasteiger partial charge in [-0.3, -0.25) is 0 Å². The summed E-state index contributed by atoms with van der Waals surface area (Å²) in [6.07, 6.45) is 0. The van der Waals surface area contributed by atoms with Crippen molar-refractivity contribution in [3.05, 3.63) is 29.3 Å². The Morgan fingerprint density at radius 2 is 2.07 bits per heavy atom. The maximum absolute atomic E-state index is 11.0. The normalized spacial score (nSPS) is 10.6. The van der Waals surface area contributed by atoms with Crippen molar-refractivity contribution < 1.29 is 9.90 Å². The molecule has 0 aliphatic rings. The highest BCUT2D eigenvalue weighted by Crippen LogP contribution is 2.28. The van der Waals surface area contributed by atoms with E-state index in [1.165, 1.54) is 0 Å². The summed E-state index contributed by atoms with van der Waals surface area (Å²) in [6, 6.07) is 5.58. The average Bonchev–Trinajstić information content (AvgIpc) is 2.01. The van der Waals surface area contributed by atoms with Gasteiger partial charge in [-0.2, -0.15) is 0 Å². The molecule has 0 aliphatic carbocycles. The van der Waals surface area contributed by atoms with E-state index in [9.17, 15) is 4.79 Å². The standard InChI is InChI=1S/C11H14O2S/c1-7(2)14-9-6-4-5-8(3)10(9)11(12)13/h4-7H,1-3H3,(H,12,13). The molecule has 0 heterocycles. The summed E-state index contributed by atoms with van der Waals surface area (Å²) in [7, 11) is 0. The maximum atomic E-state index is 11.0. The fraction of sp³-hybridized carbons (Fsp3) is 0.364. The van der Waals surface area contributed by atoms with Crippen LogP contribution in [0.4, 0.5) is 0 Å². The molecule has 76 valence electrons. The fourth-order valence-electron chi connectivity index (χ4n) is 1.27. The summed E-state index contributed by atoms with van der Waals surface area (Å²) in [5.41, 5.74) is 1.26. The molecule has 0 unspecified atom stereocenters. The summed E-state index contributed by atoms with van der Waals surface area (Å²) < 4.78 is 0. The van der Waals surface area contributed by atoms with Gasteiger partial charge in [0.05, 0.1) is 5.56 Å². The summed E-state index contributed by atoms with van der Waals surface area (Å²) in [4.78, 5) is 11.9. The molecule has 3 heteroatoms. The number of thioether (sulfide) groups is 1. The molecule has 0 saturated carbocycles. The number of carboxylic acids is 1. The topological polar surface area (TPSA) is 37.3 Å². The van der Waals surface area contributed by atoms with Gasteiger partial charge in [-0.25, -0.2) is 4.79 Å². The number of carboxylic acid groups (broad SMARTS) is 1. The molecular formula is C11H14O2S. The van der Waals surface area contributed by atoms with Crippen molar-refractivity contribution in [2.75, 3.05) is 0 Å². The first kappa shape index (κ1) is 11.1. The van der Waals surface area contributed by atoms with E-state index in [0.29, 0.717) is 10.8 Å². The molecule has 0 amide bonds. The lowest BCUT2D eigenvalue weighted by molar-refractivity contribution is 0.0692. The Morgan fingerprint density at radius 3 is 2.57 bits per heavy atom. The van der Waals surface area contributed by atoms with Crippen molar-refractivity contribution in [1.82, 2.24) is 0 Å². The number of hydrogen-bond donors (Lipinski definition) is 1. The SMILES string of the molecule is Cc1cccc(SC(C)C)c1C(=O)O. The third kappa shape index (κ3) is 2.51. The third-order valence-electron chi connectivity index (χ3n) is 1.81. The molecular weight excluding hydrogens is 196 g/mol. The van der Waals surface area contributed by atoms with Crippen molar-refractivity contribution >= 4 is 17.7 Å². The molecule has 1 aromatic rings. The zero-order valence-corrected chi connectivity index (χ0v) is 9.39. The molecule has 0 spiro atoms. The largest absolute Gasteiger partial charge is 0.478 e. The second kappa shape index (κ2) is 4.51. The lowest BCUT2D eigenvalue weighted by atomic mass is 10.1. The van der Waals surface area contributed by atoms with E-state index in [-0.39, 0.29) is 0 Å². The minimum atomic E-state index is -0.841. The van der Waals surface area contributed by atoms with Gasteiger partial charge in [0, 0.05) is 10.1 Å². The number of carbonyl (C=O) groups is 1. The van der Waals surface area contributed by atoms with Gasteiger partial charge in [-0.1, -0.05) is 26.0 Å². The lowest BCUT2D eigenvalue weighted by Gasteiger charge is -2.10. The van der Waals surface area contributed by atoms with Gasteiger partial charge in [-0.05, 0) is 18.6 Å². The van der Waals surface area contributed by atoms with E-state index in [4.69, 9.17) is 5.11 Å². The van der Waals surface area contributed by atoms with Crippen molar-refractivity contribution in [3.63, 3.8) is 0 Å². The number of benzene rings is 1. The highest BCUT2D eigenvalue weighted by molar-refractivity contribution is 8.00. The quantitative estimate of drug-likeness (QED) is 0.778. The monoisotopic (exact) mass is 210 g/mol. The van der Waals surface area contributed by atoms with Crippen LogP contribution in [0.2, 0.25) is 0 Å². The van der Waals surface area contributed by atoms with Gasteiger partial charge < -0.3 is 5.11 Å². The minimum absolute atomic E-state index is 0.398. The van der Waals surface area contributed by atoms with E-state index in [2.05, 4.69) is 13.8 Å². The summed E-state index contributed by atoms with van der Waals surface area (Å²) in [5, 5.41) is 9.44. The van der Waals surface area contributed by atoms with Crippen LogP contribution in [0.3, 0.4) is 0 Å². The van der Waals surface area contributed by atoms with Crippen LogP contribution in [0.5, 0.6) is 0 Å². The molecule has 1 aromatic carbocycles. The average molecular weight is 210 g/mol. The second-order valence-corrected chi connectivity index (χ2v) is 5.04. The molecule has 0 fully saturated rings. The van der Waals surface area contributed by atoms with E-state index >= 15 is 0 Å². The van der Waals surface area contributed by atoms with Crippen LogP contribution in [-0.2, 0) is 0 Å². The Kier molecular flexibility index (Phi) is 3.58. The molecule has 0 aliphatic heterocycles.